The van der Waals surface area contributed by atoms with Crippen molar-refractivity contribution in [2.24, 2.45) is 0 Å². The Bertz CT molecular complexity index is 643. The molecule has 25 heavy (non-hydrogen) atoms. The van der Waals surface area contributed by atoms with E-state index in [1.807, 2.05) is 11.0 Å². The SMILES string of the molecule is COc1ncccc1CN1CCC(NC(=O)OC(C)(C)C)(C(=O)O)C1. The maximum atomic E-state index is 12.0. The van der Waals surface area contributed by atoms with Crippen LogP contribution in [-0.4, -0.2) is 58.4 Å². The molecule has 1 saturated heterocycles. The zero-order valence-electron chi connectivity index (χ0n) is 15.0. The van der Waals surface area contributed by atoms with Crippen LogP contribution in [0.3, 0.4) is 0 Å². The Morgan fingerprint density at radius 3 is 2.76 bits per heavy atom. The Balaban J connectivity index is 2.07. The van der Waals surface area contributed by atoms with E-state index in [-0.39, 0.29) is 6.54 Å². The fraction of sp³-hybridized carbons (Fsp3) is 0.588. The van der Waals surface area contributed by atoms with Gasteiger partial charge in [0.15, 0.2) is 5.54 Å². The third kappa shape index (κ3) is 4.82. The van der Waals surface area contributed by atoms with Gasteiger partial charge < -0.3 is 19.9 Å². The number of aromatic nitrogens is 1. The van der Waals surface area contributed by atoms with Gasteiger partial charge in [-0.05, 0) is 33.3 Å². The molecule has 1 atom stereocenters. The van der Waals surface area contributed by atoms with Gasteiger partial charge in [0.05, 0.1) is 7.11 Å². The summed E-state index contributed by atoms with van der Waals surface area (Å²) in [6.07, 6.45) is 1.21. The number of methoxy groups -OCH3 is 1. The first-order valence-corrected chi connectivity index (χ1v) is 8.10. The van der Waals surface area contributed by atoms with Crippen LogP contribution in [-0.2, 0) is 16.1 Å². The third-order valence-electron chi connectivity index (χ3n) is 3.94. The van der Waals surface area contributed by atoms with Gasteiger partial charge in [-0.25, -0.2) is 14.6 Å². The summed E-state index contributed by atoms with van der Waals surface area (Å²) in [5.41, 5.74) is -1.19. The third-order valence-corrected chi connectivity index (χ3v) is 3.94. The summed E-state index contributed by atoms with van der Waals surface area (Å²) >= 11 is 0. The Hall–Kier alpha value is -2.35. The van der Waals surface area contributed by atoms with Crippen molar-refractivity contribution in [2.75, 3.05) is 20.2 Å². The van der Waals surface area contributed by atoms with Crippen molar-refractivity contribution >= 4 is 12.1 Å². The van der Waals surface area contributed by atoms with E-state index < -0.39 is 23.2 Å². The molecule has 0 aromatic carbocycles. The minimum atomic E-state index is -1.36. The van der Waals surface area contributed by atoms with Crippen LogP contribution in [0.2, 0.25) is 0 Å². The van der Waals surface area contributed by atoms with E-state index in [4.69, 9.17) is 9.47 Å². The average molecular weight is 351 g/mol. The molecule has 1 aliphatic rings. The van der Waals surface area contributed by atoms with E-state index >= 15 is 0 Å². The molecule has 8 heteroatoms. The summed E-state index contributed by atoms with van der Waals surface area (Å²) in [5.74, 6) is -0.561. The Morgan fingerprint density at radius 2 is 2.16 bits per heavy atom. The Labute approximate surface area is 147 Å². The van der Waals surface area contributed by atoms with Gasteiger partial charge in [-0.15, -0.1) is 0 Å². The number of carbonyl (C=O) groups is 2. The average Bonchev–Trinajstić information content (AvgIpc) is 2.90. The zero-order valence-corrected chi connectivity index (χ0v) is 15.0. The van der Waals surface area contributed by atoms with Gasteiger partial charge in [0.1, 0.15) is 5.60 Å². The van der Waals surface area contributed by atoms with Crippen LogP contribution in [0, 0.1) is 0 Å². The lowest BCUT2D eigenvalue weighted by Crippen LogP contribution is -2.57. The quantitative estimate of drug-likeness (QED) is 0.831. The zero-order chi connectivity index (χ0) is 18.7. The Kier molecular flexibility index (Phi) is 5.52. The number of nitrogens with zero attached hydrogens (tertiary/aromatic N) is 2. The van der Waals surface area contributed by atoms with Gasteiger partial charge in [0.2, 0.25) is 5.88 Å². The first-order chi connectivity index (χ1) is 11.6. The number of carboxylic acid groups (broad SMARTS) is 1. The summed E-state index contributed by atoms with van der Waals surface area (Å²) < 4.78 is 10.4. The molecule has 2 N–H and O–H groups in total. The van der Waals surface area contributed by atoms with Gasteiger partial charge in [-0.3, -0.25) is 4.90 Å². The lowest BCUT2D eigenvalue weighted by molar-refractivity contribution is -0.144. The normalized spacial score (nSPS) is 21.0. The number of nitrogens with one attached hydrogen (secondary N) is 1. The second kappa shape index (κ2) is 7.26. The molecule has 2 heterocycles. The summed E-state index contributed by atoms with van der Waals surface area (Å²) in [6, 6.07) is 3.69. The first kappa shape index (κ1) is 19.0. The largest absolute Gasteiger partial charge is 0.481 e. The van der Waals surface area contributed by atoms with Crippen LogP contribution < -0.4 is 10.1 Å². The van der Waals surface area contributed by atoms with Crippen molar-refractivity contribution < 1.29 is 24.2 Å². The van der Waals surface area contributed by atoms with Gasteiger partial charge in [0, 0.05) is 31.4 Å². The topological polar surface area (TPSA) is 101 Å². The highest BCUT2D eigenvalue weighted by Crippen LogP contribution is 2.26. The molecule has 138 valence electrons. The molecule has 0 spiro atoms. The van der Waals surface area contributed by atoms with Gasteiger partial charge in [0.25, 0.3) is 0 Å². The summed E-state index contributed by atoms with van der Waals surface area (Å²) in [6.45, 7) is 6.39. The number of amides is 1. The van der Waals surface area contributed by atoms with Gasteiger partial charge >= 0.3 is 12.1 Å². The van der Waals surface area contributed by atoms with Crippen LogP contribution in [0.4, 0.5) is 4.79 Å². The molecule has 2 rings (SSSR count). The van der Waals surface area contributed by atoms with E-state index in [1.54, 1.807) is 40.1 Å². The standard InChI is InChI=1S/C17H25N3O5/c1-16(2,3)25-15(23)19-17(14(21)22)7-9-20(11-17)10-12-6-5-8-18-13(12)24-4/h5-6,8H,7,9-11H2,1-4H3,(H,19,23)(H,21,22). The fourth-order valence-electron chi connectivity index (χ4n) is 2.82. The van der Waals surface area contributed by atoms with E-state index in [2.05, 4.69) is 10.3 Å². The van der Waals surface area contributed by atoms with Crippen molar-refractivity contribution in [3.63, 3.8) is 0 Å². The molecule has 0 aliphatic carbocycles. The van der Waals surface area contributed by atoms with Crippen LogP contribution in [0.5, 0.6) is 5.88 Å². The van der Waals surface area contributed by atoms with Crippen LogP contribution in [0.1, 0.15) is 32.8 Å². The number of carbonyl (C=O) groups excluding carboxylic acids is 1. The molecule has 0 bridgehead atoms. The van der Waals surface area contributed by atoms with Crippen molar-refractivity contribution in [3.8, 4) is 5.88 Å². The predicted octanol–water partition coefficient (Wildman–Crippen LogP) is 1.64. The lowest BCUT2D eigenvalue weighted by atomic mass is 9.99. The van der Waals surface area contributed by atoms with Crippen LogP contribution in [0.15, 0.2) is 18.3 Å². The van der Waals surface area contributed by atoms with Crippen molar-refractivity contribution in [2.45, 2.75) is 44.9 Å². The molecule has 1 aromatic heterocycles. The predicted molar refractivity (Wildman–Crippen MR) is 90.4 cm³/mol. The molecule has 1 unspecified atom stereocenters. The highest BCUT2D eigenvalue weighted by molar-refractivity contribution is 5.85. The number of likely N-dealkylation sites (tertiary alicyclic amines) is 1. The second-order valence-electron chi connectivity index (χ2n) is 7.15. The van der Waals surface area contributed by atoms with Crippen LogP contribution in [0.25, 0.3) is 0 Å². The van der Waals surface area contributed by atoms with E-state index in [1.165, 1.54) is 0 Å². The fourth-order valence-corrected chi connectivity index (χ4v) is 2.82. The van der Waals surface area contributed by atoms with Gasteiger partial charge in [-0.1, -0.05) is 6.07 Å². The number of alkyl carbamates (subject to hydrolysis) is 1. The second-order valence-corrected chi connectivity index (χ2v) is 7.15. The van der Waals surface area contributed by atoms with E-state index in [0.29, 0.717) is 25.4 Å². The monoisotopic (exact) mass is 351 g/mol. The number of pyridine rings is 1. The highest BCUT2D eigenvalue weighted by Gasteiger charge is 2.47. The minimum Gasteiger partial charge on any atom is -0.481 e. The molecule has 8 nitrogen and oxygen atoms in total. The number of rotatable bonds is 5. The number of hydrogen-bond acceptors (Lipinski definition) is 6. The Morgan fingerprint density at radius 1 is 1.44 bits per heavy atom. The van der Waals surface area contributed by atoms with Crippen molar-refractivity contribution in [1.29, 1.82) is 0 Å². The maximum absolute atomic E-state index is 12.0. The summed E-state index contributed by atoms with van der Waals surface area (Å²) in [5, 5.41) is 12.2. The molecule has 1 aromatic rings. The number of hydrogen-bond donors (Lipinski definition) is 2. The summed E-state index contributed by atoms with van der Waals surface area (Å²) in [7, 11) is 1.54. The van der Waals surface area contributed by atoms with Gasteiger partial charge in [-0.2, -0.15) is 0 Å². The lowest BCUT2D eigenvalue weighted by Gasteiger charge is -2.28. The van der Waals surface area contributed by atoms with E-state index in [0.717, 1.165) is 5.56 Å². The molecule has 0 saturated carbocycles. The minimum absolute atomic E-state index is 0.180. The molecule has 1 amide bonds. The number of carboxylic acids is 1. The molecule has 1 aliphatic heterocycles. The first-order valence-electron chi connectivity index (χ1n) is 8.10. The smallest absolute Gasteiger partial charge is 0.408 e. The molecule has 1 fully saturated rings. The molecule has 0 radical (unpaired) electrons. The van der Waals surface area contributed by atoms with E-state index in [9.17, 15) is 14.7 Å². The van der Waals surface area contributed by atoms with Crippen LogP contribution >= 0.6 is 0 Å². The number of ether oxygens (including phenoxy) is 2. The molecular weight excluding hydrogens is 326 g/mol. The number of aliphatic carboxylic acids is 1. The maximum Gasteiger partial charge on any atom is 0.408 e. The highest BCUT2D eigenvalue weighted by atomic mass is 16.6. The molecular formula is C17H25N3O5. The van der Waals surface area contributed by atoms with Crippen molar-refractivity contribution in [3.05, 3.63) is 23.9 Å². The van der Waals surface area contributed by atoms with Crippen molar-refractivity contribution in [1.82, 2.24) is 15.2 Å². The summed E-state index contributed by atoms with van der Waals surface area (Å²) in [4.78, 5) is 30.0.